The minimum Gasteiger partial charge on any atom is -0.489 e. The molecule has 0 spiro atoms. The van der Waals surface area contributed by atoms with Gasteiger partial charge in [0.2, 0.25) is 11.7 Å². The van der Waals surface area contributed by atoms with Crippen molar-refractivity contribution in [3.63, 3.8) is 0 Å². The number of hydrogen-bond donors (Lipinski definition) is 2. The molecule has 1 unspecified atom stereocenters. The lowest BCUT2D eigenvalue weighted by Gasteiger charge is -2.18. The number of halogens is 1. The van der Waals surface area contributed by atoms with Crippen molar-refractivity contribution in [3.8, 4) is 17.6 Å². The van der Waals surface area contributed by atoms with Crippen LogP contribution in [-0.2, 0) is 16.0 Å². The lowest BCUT2D eigenvalue weighted by Crippen LogP contribution is -2.47. The Morgan fingerprint density at radius 2 is 1.70 bits per heavy atom. The predicted octanol–water partition coefficient (Wildman–Crippen LogP) is 3.79. The Balaban J connectivity index is 2.12. The molecular weight excluding hydrogens is 440 g/mol. The molecule has 0 bridgehead atoms. The third-order valence-electron chi connectivity index (χ3n) is 4.67. The van der Waals surface area contributed by atoms with E-state index in [0.29, 0.717) is 21.9 Å². The smallest absolute Gasteiger partial charge is 0.251 e. The molecule has 6 nitrogen and oxygen atoms in total. The highest BCUT2D eigenvalue weighted by Gasteiger charge is 2.21. The molecule has 2 amide bonds. The Hall–Kier alpha value is -3.30. The van der Waals surface area contributed by atoms with E-state index in [1.54, 1.807) is 38.1 Å². The number of carbonyl (C=O) groups is 3. The van der Waals surface area contributed by atoms with Gasteiger partial charge in [-0.05, 0) is 55.7 Å². The summed E-state index contributed by atoms with van der Waals surface area (Å²) in [5.41, 5.74) is 1.86. The zero-order valence-corrected chi connectivity index (χ0v) is 20.2. The Morgan fingerprint density at radius 1 is 1.03 bits per heavy atom. The average Bonchev–Trinajstić information content (AvgIpc) is 2.78. The van der Waals surface area contributed by atoms with E-state index in [4.69, 9.17) is 16.3 Å². The molecule has 2 aromatic rings. The van der Waals surface area contributed by atoms with Crippen molar-refractivity contribution in [2.75, 3.05) is 7.05 Å². The van der Waals surface area contributed by atoms with Crippen molar-refractivity contribution in [3.05, 3.63) is 64.2 Å². The zero-order chi connectivity index (χ0) is 24.5. The second-order valence-corrected chi connectivity index (χ2v) is 8.53. The van der Waals surface area contributed by atoms with E-state index in [-0.39, 0.29) is 30.1 Å². The molecule has 174 valence electrons. The minimum absolute atomic E-state index is 0.0483. The van der Waals surface area contributed by atoms with Gasteiger partial charge in [0.1, 0.15) is 11.8 Å². The predicted molar refractivity (Wildman–Crippen MR) is 129 cm³/mol. The molecule has 2 aromatic carbocycles. The number of Topliss-reactive ketones (excluding diaryl/α,β-unsaturated/α-hetero) is 1. The topological polar surface area (TPSA) is 84.5 Å². The number of rotatable bonds is 8. The van der Waals surface area contributed by atoms with Gasteiger partial charge in [-0.2, -0.15) is 0 Å². The molecule has 2 rings (SSSR count). The number of amides is 2. The van der Waals surface area contributed by atoms with E-state index >= 15 is 0 Å². The first-order valence-corrected chi connectivity index (χ1v) is 11.1. The van der Waals surface area contributed by atoms with E-state index in [1.807, 2.05) is 26.0 Å². The summed E-state index contributed by atoms with van der Waals surface area (Å²) >= 11 is 6.23. The lowest BCUT2D eigenvalue weighted by molar-refractivity contribution is -0.122. The Bertz CT molecular complexity index is 1070. The fourth-order valence-corrected chi connectivity index (χ4v) is 3.08. The molecule has 0 heterocycles. The third kappa shape index (κ3) is 7.96. The summed E-state index contributed by atoms with van der Waals surface area (Å²) in [6.45, 7) is 7.37. The molecule has 0 aliphatic carbocycles. The second kappa shape index (κ2) is 12.1. The maximum atomic E-state index is 12.8. The number of benzene rings is 2. The van der Waals surface area contributed by atoms with Gasteiger partial charge in [0, 0.05) is 30.5 Å². The molecule has 0 radical (unpaired) electrons. The first-order valence-electron chi connectivity index (χ1n) is 10.7. The normalized spacial score (nSPS) is 11.4. The van der Waals surface area contributed by atoms with Gasteiger partial charge in [-0.25, -0.2) is 0 Å². The molecule has 0 fully saturated rings. The van der Waals surface area contributed by atoms with Gasteiger partial charge in [0.25, 0.3) is 5.91 Å². The van der Waals surface area contributed by atoms with E-state index in [0.717, 1.165) is 5.56 Å². The third-order valence-corrected chi connectivity index (χ3v) is 4.97. The van der Waals surface area contributed by atoms with Crippen LogP contribution in [0.2, 0.25) is 5.02 Å². The van der Waals surface area contributed by atoms with Gasteiger partial charge in [0.15, 0.2) is 0 Å². The lowest BCUT2D eigenvalue weighted by atomic mass is 10.0. The highest BCUT2D eigenvalue weighted by Crippen LogP contribution is 2.26. The molecule has 7 heteroatoms. The van der Waals surface area contributed by atoms with Crippen LogP contribution in [0.25, 0.3) is 0 Å². The highest BCUT2D eigenvalue weighted by molar-refractivity contribution is 6.32. The Morgan fingerprint density at radius 3 is 2.24 bits per heavy atom. The number of carbonyl (C=O) groups excluding carboxylic acids is 3. The molecule has 0 saturated heterocycles. The van der Waals surface area contributed by atoms with Gasteiger partial charge >= 0.3 is 0 Å². The summed E-state index contributed by atoms with van der Waals surface area (Å²) in [5.74, 6) is 4.96. The number of nitrogens with one attached hydrogen (secondary N) is 2. The highest BCUT2D eigenvalue weighted by atomic mass is 35.5. The summed E-state index contributed by atoms with van der Waals surface area (Å²) in [6, 6.07) is 11.2. The summed E-state index contributed by atoms with van der Waals surface area (Å²) in [5, 5.41) is 5.66. The molecule has 0 aromatic heterocycles. The van der Waals surface area contributed by atoms with Crippen LogP contribution in [0, 0.1) is 17.8 Å². The summed E-state index contributed by atoms with van der Waals surface area (Å²) in [7, 11) is 1.51. The summed E-state index contributed by atoms with van der Waals surface area (Å²) < 4.78 is 5.59. The van der Waals surface area contributed by atoms with Crippen molar-refractivity contribution in [1.29, 1.82) is 0 Å². The molecular formula is C26H29ClN2O4. The number of hydrogen-bond acceptors (Lipinski definition) is 4. The van der Waals surface area contributed by atoms with Crippen LogP contribution in [0.1, 0.15) is 49.2 Å². The van der Waals surface area contributed by atoms with Gasteiger partial charge < -0.3 is 15.4 Å². The van der Waals surface area contributed by atoms with Crippen LogP contribution in [-0.4, -0.2) is 36.8 Å². The van der Waals surface area contributed by atoms with Crippen LogP contribution in [0.15, 0.2) is 42.5 Å². The zero-order valence-electron chi connectivity index (χ0n) is 19.5. The van der Waals surface area contributed by atoms with Crippen LogP contribution in [0.5, 0.6) is 5.75 Å². The fourth-order valence-electron chi connectivity index (χ4n) is 2.85. The Labute approximate surface area is 200 Å². The van der Waals surface area contributed by atoms with Gasteiger partial charge in [0.05, 0.1) is 11.1 Å². The van der Waals surface area contributed by atoms with Crippen molar-refractivity contribution < 1.29 is 19.1 Å². The standard InChI is InChI=1S/C26H29ClN2O4/c1-16(2)23(30)12-10-18-6-8-19(9-7-18)14-22(26(32)28-5)29-25(31)20-11-13-24(21(27)15-20)33-17(3)4/h6-9,11,13,15-17,22H,14H2,1-5H3,(H,28,32)(H,29,31). The van der Waals surface area contributed by atoms with Crippen molar-refractivity contribution in [2.24, 2.45) is 5.92 Å². The molecule has 1 atom stereocenters. The second-order valence-electron chi connectivity index (χ2n) is 8.12. The van der Waals surface area contributed by atoms with E-state index in [2.05, 4.69) is 22.5 Å². The molecule has 2 N–H and O–H groups in total. The van der Waals surface area contributed by atoms with Crippen molar-refractivity contribution in [2.45, 2.75) is 46.3 Å². The number of ketones is 1. The average molecular weight is 469 g/mol. The molecule has 33 heavy (non-hydrogen) atoms. The largest absolute Gasteiger partial charge is 0.489 e. The Kier molecular flexibility index (Phi) is 9.50. The van der Waals surface area contributed by atoms with Gasteiger partial charge in [-0.3, -0.25) is 14.4 Å². The van der Waals surface area contributed by atoms with E-state index < -0.39 is 11.9 Å². The van der Waals surface area contributed by atoms with Gasteiger partial charge in [-0.1, -0.05) is 43.5 Å². The van der Waals surface area contributed by atoms with Crippen molar-refractivity contribution in [1.82, 2.24) is 10.6 Å². The fraction of sp³-hybridized carbons (Fsp3) is 0.346. The van der Waals surface area contributed by atoms with Crippen LogP contribution >= 0.6 is 11.6 Å². The van der Waals surface area contributed by atoms with E-state index in [9.17, 15) is 14.4 Å². The maximum Gasteiger partial charge on any atom is 0.251 e. The summed E-state index contributed by atoms with van der Waals surface area (Å²) in [4.78, 5) is 36.8. The first-order chi connectivity index (χ1) is 15.6. The quantitative estimate of drug-likeness (QED) is 0.577. The molecule has 0 aliphatic rings. The van der Waals surface area contributed by atoms with Crippen LogP contribution in [0.4, 0.5) is 0 Å². The number of likely N-dealkylation sites (N-methyl/N-ethyl adjacent to an activating group) is 1. The molecule has 0 aliphatic heterocycles. The molecule has 0 saturated carbocycles. The first kappa shape index (κ1) is 26.0. The monoisotopic (exact) mass is 468 g/mol. The minimum atomic E-state index is -0.785. The summed E-state index contributed by atoms with van der Waals surface area (Å²) in [6.07, 6.45) is 0.236. The van der Waals surface area contributed by atoms with Gasteiger partial charge in [-0.15, -0.1) is 0 Å². The van der Waals surface area contributed by atoms with Crippen molar-refractivity contribution >= 4 is 29.2 Å². The number of ether oxygens (including phenoxy) is 1. The van der Waals surface area contributed by atoms with Crippen LogP contribution in [0.3, 0.4) is 0 Å². The SMILES string of the molecule is CNC(=O)C(Cc1ccc(C#CC(=O)C(C)C)cc1)NC(=O)c1ccc(OC(C)C)c(Cl)c1. The van der Waals surface area contributed by atoms with Crippen LogP contribution < -0.4 is 15.4 Å². The van der Waals surface area contributed by atoms with E-state index in [1.165, 1.54) is 13.1 Å². The maximum absolute atomic E-state index is 12.8.